The molecule has 0 bridgehead atoms. The lowest BCUT2D eigenvalue weighted by atomic mass is 10.1. The number of nitrogens with zero attached hydrogens (tertiary/aromatic N) is 2. The molecule has 0 saturated heterocycles. The third-order valence-corrected chi connectivity index (χ3v) is 4.50. The summed E-state index contributed by atoms with van der Waals surface area (Å²) in [5.41, 5.74) is 2.05. The van der Waals surface area contributed by atoms with Gasteiger partial charge in [0, 0.05) is 19.2 Å². The van der Waals surface area contributed by atoms with E-state index in [1.807, 2.05) is 38.2 Å². The Kier molecular flexibility index (Phi) is 7.21. The second-order valence-corrected chi connectivity index (χ2v) is 6.36. The number of halogens is 1. The SMILES string of the molecule is C\C=C/C(Cl)=C(\C=C/C)c1nc(C(=O)NCC(=O)NC)c2n1CCCC2. The average molecular weight is 377 g/mol. The molecule has 0 fully saturated rings. The molecule has 1 aromatic rings. The molecule has 1 aromatic heterocycles. The summed E-state index contributed by atoms with van der Waals surface area (Å²) < 4.78 is 2.07. The van der Waals surface area contributed by atoms with Gasteiger partial charge in [-0.2, -0.15) is 0 Å². The van der Waals surface area contributed by atoms with E-state index in [1.165, 1.54) is 7.05 Å². The maximum Gasteiger partial charge on any atom is 0.272 e. The second kappa shape index (κ2) is 9.38. The second-order valence-electron chi connectivity index (χ2n) is 5.96. The minimum absolute atomic E-state index is 0.0755. The van der Waals surface area contributed by atoms with Crippen LogP contribution in [-0.4, -0.2) is 35.0 Å². The van der Waals surface area contributed by atoms with Gasteiger partial charge >= 0.3 is 0 Å². The molecule has 0 saturated carbocycles. The highest BCUT2D eigenvalue weighted by atomic mass is 35.5. The monoisotopic (exact) mass is 376 g/mol. The number of nitrogens with one attached hydrogen (secondary N) is 2. The van der Waals surface area contributed by atoms with Crippen LogP contribution < -0.4 is 10.6 Å². The van der Waals surface area contributed by atoms with E-state index in [2.05, 4.69) is 20.2 Å². The third-order valence-electron chi connectivity index (χ3n) is 4.17. The predicted molar refractivity (Wildman–Crippen MR) is 104 cm³/mol. The number of fused-ring (bicyclic) bond motifs is 1. The number of likely N-dealkylation sites (N-methyl/N-ethyl adjacent to an activating group) is 1. The number of carbonyl (C=O) groups excluding carboxylic acids is 2. The summed E-state index contributed by atoms with van der Waals surface area (Å²) >= 11 is 6.45. The van der Waals surface area contributed by atoms with Gasteiger partial charge in [0.05, 0.1) is 17.3 Å². The Morgan fingerprint density at radius 2 is 1.96 bits per heavy atom. The van der Waals surface area contributed by atoms with Crippen LogP contribution in [-0.2, 0) is 17.8 Å². The van der Waals surface area contributed by atoms with Crippen LogP contribution in [0.3, 0.4) is 0 Å². The van der Waals surface area contributed by atoms with Crippen molar-refractivity contribution >= 4 is 29.0 Å². The molecular weight excluding hydrogens is 352 g/mol. The normalized spacial score (nSPS) is 15.1. The summed E-state index contributed by atoms with van der Waals surface area (Å²) in [7, 11) is 1.53. The van der Waals surface area contributed by atoms with Crippen molar-refractivity contribution in [2.45, 2.75) is 39.7 Å². The minimum atomic E-state index is -0.340. The standard InChI is InChI=1S/C19H25ClN4O2/c1-4-8-13(14(20)9-5-2)18-23-17(15-10-6-7-11-24(15)18)19(26)22-12-16(25)21-3/h4-5,8-9H,6-7,10-12H2,1-3H3,(H,21,25)(H,22,26)/b8-4-,9-5-,14-13-. The molecule has 26 heavy (non-hydrogen) atoms. The fourth-order valence-corrected chi connectivity index (χ4v) is 3.20. The van der Waals surface area contributed by atoms with Crippen molar-refractivity contribution in [2.75, 3.05) is 13.6 Å². The van der Waals surface area contributed by atoms with E-state index in [1.54, 1.807) is 0 Å². The van der Waals surface area contributed by atoms with Gasteiger partial charge in [0.2, 0.25) is 5.91 Å². The molecule has 0 spiro atoms. The quantitative estimate of drug-likeness (QED) is 0.749. The summed E-state index contributed by atoms with van der Waals surface area (Å²) in [6, 6.07) is 0. The lowest BCUT2D eigenvalue weighted by Gasteiger charge is -2.18. The Labute approximate surface area is 159 Å². The van der Waals surface area contributed by atoms with Gasteiger partial charge in [-0.1, -0.05) is 29.8 Å². The Balaban J connectivity index is 2.48. The first-order chi connectivity index (χ1) is 12.5. The first-order valence-corrected chi connectivity index (χ1v) is 9.15. The van der Waals surface area contributed by atoms with Gasteiger partial charge in [0.1, 0.15) is 11.5 Å². The molecule has 140 valence electrons. The summed E-state index contributed by atoms with van der Waals surface area (Å²) in [5, 5.41) is 5.68. The Bertz CT molecular complexity index is 775. The van der Waals surface area contributed by atoms with Crippen LogP contribution >= 0.6 is 11.6 Å². The Hall–Kier alpha value is -2.34. The predicted octanol–water partition coefficient (Wildman–Crippen LogP) is 2.80. The highest BCUT2D eigenvalue weighted by Gasteiger charge is 2.26. The molecule has 0 radical (unpaired) electrons. The molecule has 7 heteroatoms. The van der Waals surface area contributed by atoms with Gasteiger partial charge < -0.3 is 15.2 Å². The highest BCUT2D eigenvalue weighted by Crippen LogP contribution is 2.29. The number of hydrogen-bond acceptors (Lipinski definition) is 3. The van der Waals surface area contributed by atoms with E-state index in [9.17, 15) is 9.59 Å². The van der Waals surface area contributed by atoms with Crippen molar-refractivity contribution in [3.63, 3.8) is 0 Å². The maximum absolute atomic E-state index is 12.6. The summed E-state index contributed by atoms with van der Waals surface area (Å²) in [6.45, 7) is 4.53. The van der Waals surface area contributed by atoms with Gasteiger partial charge in [0.15, 0.2) is 0 Å². The molecule has 2 amide bonds. The number of amides is 2. The summed E-state index contributed by atoms with van der Waals surface area (Å²) in [6.07, 6.45) is 10.3. The van der Waals surface area contributed by atoms with Crippen molar-refractivity contribution in [1.82, 2.24) is 20.2 Å². The summed E-state index contributed by atoms with van der Waals surface area (Å²) in [5.74, 6) is 0.0933. The van der Waals surface area contributed by atoms with Crippen LogP contribution in [0.5, 0.6) is 0 Å². The topological polar surface area (TPSA) is 76.0 Å². The molecule has 2 N–H and O–H groups in total. The molecule has 0 unspecified atom stereocenters. The lowest BCUT2D eigenvalue weighted by Crippen LogP contribution is -2.35. The van der Waals surface area contributed by atoms with Crippen molar-refractivity contribution in [2.24, 2.45) is 0 Å². The molecule has 2 heterocycles. The fraction of sp³-hybridized carbons (Fsp3) is 0.421. The summed E-state index contributed by atoms with van der Waals surface area (Å²) in [4.78, 5) is 28.6. The molecule has 0 atom stereocenters. The Morgan fingerprint density at radius 1 is 1.23 bits per heavy atom. The van der Waals surface area contributed by atoms with Crippen LogP contribution in [0.25, 0.3) is 5.57 Å². The lowest BCUT2D eigenvalue weighted by molar-refractivity contribution is -0.119. The smallest absolute Gasteiger partial charge is 0.272 e. The van der Waals surface area contributed by atoms with E-state index < -0.39 is 0 Å². The van der Waals surface area contributed by atoms with E-state index in [0.29, 0.717) is 16.6 Å². The molecular formula is C19H25ClN4O2. The molecule has 6 nitrogen and oxygen atoms in total. The first-order valence-electron chi connectivity index (χ1n) is 8.77. The van der Waals surface area contributed by atoms with Gasteiger partial charge in [-0.3, -0.25) is 9.59 Å². The van der Waals surface area contributed by atoms with Gasteiger partial charge in [-0.15, -0.1) is 0 Å². The molecule has 2 rings (SSSR count). The third kappa shape index (κ3) is 4.43. The van der Waals surface area contributed by atoms with Crippen LogP contribution in [0.1, 0.15) is 48.7 Å². The zero-order chi connectivity index (χ0) is 19.1. The molecule has 0 aliphatic carbocycles. The zero-order valence-corrected chi connectivity index (χ0v) is 16.2. The molecule has 1 aliphatic rings. The fourth-order valence-electron chi connectivity index (χ4n) is 2.93. The van der Waals surface area contributed by atoms with Crippen LogP contribution in [0.15, 0.2) is 29.3 Å². The molecule has 0 aromatic carbocycles. The highest BCUT2D eigenvalue weighted by molar-refractivity contribution is 6.34. The average Bonchev–Trinajstić information content (AvgIpc) is 3.03. The number of allylic oxidation sites excluding steroid dienone is 6. The van der Waals surface area contributed by atoms with Crippen molar-refractivity contribution in [3.05, 3.63) is 46.5 Å². The first kappa shape index (κ1) is 20.0. The Morgan fingerprint density at radius 3 is 2.62 bits per heavy atom. The van der Waals surface area contributed by atoms with Crippen molar-refractivity contribution < 1.29 is 9.59 Å². The largest absolute Gasteiger partial charge is 0.358 e. The van der Waals surface area contributed by atoms with Crippen molar-refractivity contribution in [3.8, 4) is 0 Å². The number of hydrogen-bond donors (Lipinski definition) is 2. The maximum atomic E-state index is 12.6. The van der Waals surface area contributed by atoms with Gasteiger partial charge in [0.25, 0.3) is 5.91 Å². The van der Waals surface area contributed by atoms with E-state index >= 15 is 0 Å². The molecule has 1 aliphatic heterocycles. The van der Waals surface area contributed by atoms with E-state index in [4.69, 9.17) is 11.6 Å². The minimum Gasteiger partial charge on any atom is -0.358 e. The number of imidazole rings is 1. The van der Waals surface area contributed by atoms with E-state index in [-0.39, 0.29) is 18.4 Å². The van der Waals surface area contributed by atoms with E-state index in [0.717, 1.165) is 37.1 Å². The number of carbonyl (C=O) groups is 2. The number of rotatable bonds is 6. The van der Waals surface area contributed by atoms with Crippen LogP contribution in [0, 0.1) is 0 Å². The van der Waals surface area contributed by atoms with Gasteiger partial charge in [-0.05, 0) is 39.2 Å². The van der Waals surface area contributed by atoms with Gasteiger partial charge in [-0.25, -0.2) is 4.98 Å². The van der Waals surface area contributed by atoms with Crippen LogP contribution in [0.4, 0.5) is 0 Å². The number of aromatic nitrogens is 2. The zero-order valence-electron chi connectivity index (χ0n) is 15.4. The van der Waals surface area contributed by atoms with Crippen LogP contribution in [0.2, 0.25) is 0 Å². The van der Waals surface area contributed by atoms with Crippen molar-refractivity contribution in [1.29, 1.82) is 0 Å².